The van der Waals surface area contributed by atoms with Gasteiger partial charge in [-0.2, -0.15) is 0 Å². The van der Waals surface area contributed by atoms with E-state index in [9.17, 15) is 14.0 Å². The van der Waals surface area contributed by atoms with Crippen molar-refractivity contribution in [1.29, 1.82) is 0 Å². The van der Waals surface area contributed by atoms with Gasteiger partial charge in [0.05, 0.1) is 24.0 Å². The van der Waals surface area contributed by atoms with Crippen molar-refractivity contribution in [2.45, 2.75) is 46.2 Å². The molecule has 5 nitrogen and oxygen atoms in total. The Bertz CT molecular complexity index is 1040. The first-order valence-electron chi connectivity index (χ1n) is 10.6. The van der Waals surface area contributed by atoms with Crippen molar-refractivity contribution in [3.05, 3.63) is 71.2 Å². The van der Waals surface area contributed by atoms with Crippen LogP contribution in [0.15, 0.2) is 59.8 Å². The van der Waals surface area contributed by atoms with Gasteiger partial charge in [0.15, 0.2) is 5.78 Å². The second-order valence-corrected chi connectivity index (χ2v) is 9.18. The van der Waals surface area contributed by atoms with E-state index in [2.05, 4.69) is 24.5 Å². The Labute approximate surface area is 182 Å². The molecule has 6 heteroatoms. The zero-order valence-corrected chi connectivity index (χ0v) is 18.2. The summed E-state index contributed by atoms with van der Waals surface area (Å²) in [5.41, 5.74) is 4.25. The Balaban J connectivity index is 1.58. The first-order valence-corrected chi connectivity index (χ1v) is 10.6. The highest BCUT2D eigenvalue weighted by Crippen LogP contribution is 2.43. The van der Waals surface area contributed by atoms with E-state index in [4.69, 9.17) is 0 Å². The number of anilines is 2. The molecule has 1 aliphatic carbocycles. The van der Waals surface area contributed by atoms with Crippen LogP contribution in [-0.4, -0.2) is 24.3 Å². The van der Waals surface area contributed by atoms with Gasteiger partial charge in [-0.05, 0) is 48.6 Å². The molecule has 2 aromatic carbocycles. The fourth-order valence-corrected chi connectivity index (χ4v) is 4.52. The number of nitrogens with one attached hydrogen (secondary N) is 2. The number of halogens is 1. The van der Waals surface area contributed by atoms with Gasteiger partial charge in [-0.1, -0.05) is 38.1 Å². The Morgan fingerprint density at radius 3 is 2.61 bits per heavy atom. The van der Waals surface area contributed by atoms with E-state index < -0.39 is 0 Å². The van der Waals surface area contributed by atoms with E-state index in [0.29, 0.717) is 13.0 Å². The van der Waals surface area contributed by atoms with Crippen molar-refractivity contribution in [3.8, 4) is 0 Å². The molecular weight excluding hydrogens is 393 g/mol. The second-order valence-electron chi connectivity index (χ2n) is 9.18. The summed E-state index contributed by atoms with van der Waals surface area (Å²) in [7, 11) is 0. The topological polar surface area (TPSA) is 61.4 Å². The number of ketones is 1. The van der Waals surface area contributed by atoms with Gasteiger partial charge in [-0.25, -0.2) is 4.39 Å². The largest absolute Gasteiger partial charge is 0.357 e. The first kappa shape index (κ1) is 21.1. The predicted octanol–water partition coefficient (Wildman–Crippen LogP) is 4.41. The SMILES string of the molecule is CC1C2=C(CC(C)(C)CC2=O)Nc2ccccc2N1CC(=O)NCc1ccc(F)cc1. The molecule has 2 aliphatic rings. The molecule has 2 N–H and O–H groups in total. The average molecular weight is 422 g/mol. The van der Waals surface area contributed by atoms with Gasteiger partial charge in [0.1, 0.15) is 5.82 Å². The number of para-hydroxylation sites is 2. The summed E-state index contributed by atoms with van der Waals surface area (Å²) in [5, 5.41) is 6.40. The van der Waals surface area contributed by atoms with Crippen LogP contribution in [0.2, 0.25) is 0 Å². The van der Waals surface area contributed by atoms with Crippen LogP contribution in [0.5, 0.6) is 0 Å². The molecule has 1 unspecified atom stereocenters. The molecule has 2 aromatic rings. The molecule has 0 saturated heterocycles. The standard InChI is InChI=1S/C25H28FN3O2/c1-16-24-20(12-25(2,3)13-22(24)30)28-19-6-4-5-7-21(19)29(16)15-23(31)27-14-17-8-10-18(26)11-9-17/h4-11,16,28H,12-15H2,1-3H3,(H,27,31). The molecule has 162 valence electrons. The van der Waals surface area contributed by atoms with Gasteiger partial charge in [0.2, 0.25) is 5.91 Å². The summed E-state index contributed by atoms with van der Waals surface area (Å²) >= 11 is 0. The highest BCUT2D eigenvalue weighted by Gasteiger charge is 2.39. The maximum Gasteiger partial charge on any atom is 0.239 e. The van der Waals surface area contributed by atoms with Gasteiger partial charge in [-0.3, -0.25) is 9.59 Å². The van der Waals surface area contributed by atoms with Crippen LogP contribution in [0.4, 0.5) is 15.8 Å². The zero-order valence-electron chi connectivity index (χ0n) is 18.2. The molecule has 0 spiro atoms. The van der Waals surface area contributed by atoms with Crippen LogP contribution in [0.1, 0.15) is 39.2 Å². The Hall–Kier alpha value is -3.15. The maximum absolute atomic E-state index is 13.1. The minimum Gasteiger partial charge on any atom is -0.357 e. The lowest BCUT2D eigenvalue weighted by Crippen LogP contribution is -2.44. The Morgan fingerprint density at radius 1 is 1.16 bits per heavy atom. The molecule has 1 heterocycles. The number of rotatable bonds is 4. The summed E-state index contributed by atoms with van der Waals surface area (Å²) in [5.74, 6) is -0.323. The van der Waals surface area contributed by atoms with Crippen molar-refractivity contribution in [2.24, 2.45) is 5.41 Å². The minimum absolute atomic E-state index is 0.0979. The van der Waals surface area contributed by atoms with Crippen LogP contribution in [0.25, 0.3) is 0 Å². The van der Waals surface area contributed by atoms with E-state index in [0.717, 1.165) is 34.6 Å². The van der Waals surface area contributed by atoms with Crippen LogP contribution in [0, 0.1) is 11.2 Å². The van der Waals surface area contributed by atoms with Crippen LogP contribution in [-0.2, 0) is 16.1 Å². The van der Waals surface area contributed by atoms with Gasteiger partial charge < -0.3 is 15.5 Å². The van der Waals surface area contributed by atoms with Gasteiger partial charge in [-0.15, -0.1) is 0 Å². The van der Waals surface area contributed by atoms with Crippen molar-refractivity contribution in [3.63, 3.8) is 0 Å². The number of fused-ring (bicyclic) bond motifs is 1. The number of amides is 1. The number of benzene rings is 2. The highest BCUT2D eigenvalue weighted by atomic mass is 19.1. The molecule has 31 heavy (non-hydrogen) atoms. The van der Waals surface area contributed by atoms with E-state index in [1.165, 1.54) is 12.1 Å². The fourth-order valence-electron chi connectivity index (χ4n) is 4.52. The molecule has 0 fully saturated rings. The summed E-state index contributed by atoms with van der Waals surface area (Å²) in [6.45, 7) is 6.65. The average Bonchev–Trinajstić information content (AvgIpc) is 2.81. The lowest BCUT2D eigenvalue weighted by molar-refractivity contribution is -0.120. The van der Waals surface area contributed by atoms with Gasteiger partial charge in [0.25, 0.3) is 0 Å². The number of allylic oxidation sites excluding steroid dienone is 1. The van der Waals surface area contributed by atoms with Crippen LogP contribution >= 0.6 is 0 Å². The van der Waals surface area contributed by atoms with E-state index in [1.54, 1.807) is 12.1 Å². The summed E-state index contributed by atoms with van der Waals surface area (Å²) < 4.78 is 13.1. The summed E-state index contributed by atoms with van der Waals surface area (Å²) in [4.78, 5) is 27.9. The van der Waals surface area contributed by atoms with Crippen LogP contribution in [0.3, 0.4) is 0 Å². The number of Topliss-reactive ketones (excluding diaryl/α,β-unsaturated/α-hetero) is 1. The molecule has 1 aliphatic heterocycles. The monoisotopic (exact) mass is 421 g/mol. The Kier molecular flexibility index (Phi) is 5.56. The molecule has 1 amide bonds. The lowest BCUT2D eigenvalue weighted by Gasteiger charge is -2.36. The third kappa shape index (κ3) is 4.48. The third-order valence-electron chi connectivity index (χ3n) is 6.02. The smallest absolute Gasteiger partial charge is 0.239 e. The van der Waals surface area contributed by atoms with E-state index in [1.807, 2.05) is 36.1 Å². The highest BCUT2D eigenvalue weighted by molar-refractivity contribution is 6.01. The van der Waals surface area contributed by atoms with Crippen molar-refractivity contribution in [1.82, 2.24) is 5.32 Å². The minimum atomic E-state index is -0.304. The number of hydrogen-bond donors (Lipinski definition) is 2. The molecule has 0 bridgehead atoms. The zero-order chi connectivity index (χ0) is 22.2. The number of nitrogens with zero attached hydrogens (tertiary/aromatic N) is 1. The summed E-state index contributed by atoms with van der Waals surface area (Å²) in [6.07, 6.45) is 1.29. The maximum atomic E-state index is 13.1. The van der Waals surface area contributed by atoms with Gasteiger partial charge >= 0.3 is 0 Å². The van der Waals surface area contributed by atoms with Crippen molar-refractivity contribution < 1.29 is 14.0 Å². The summed E-state index contributed by atoms with van der Waals surface area (Å²) in [6, 6.07) is 13.7. The number of carbonyl (C=O) groups excluding carboxylic acids is 2. The van der Waals surface area contributed by atoms with Crippen molar-refractivity contribution in [2.75, 3.05) is 16.8 Å². The lowest BCUT2D eigenvalue weighted by atomic mass is 9.74. The molecular formula is C25H28FN3O2. The van der Waals surface area contributed by atoms with E-state index in [-0.39, 0.29) is 35.5 Å². The molecule has 0 saturated carbocycles. The van der Waals surface area contributed by atoms with Gasteiger partial charge in [0, 0.05) is 24.2 Å². The number of carbonyl (C=O) groups is 2. The predicted molar refractivity (Wildman–Crippen MR) is 120 cm³/mol. The molecule has 1 atom stereocenters. The Morgan fingerprint density at radius 2 is 1.87 bits per heavy atom. The third-order valence-corrected chi connectivity index (χ3v) is 6.02. The van der Waals surface area contributed by atoms with Crippen molar-refractivity contribution >= 4 is 23.1 Å². The normalized spacial score (nSPS) is 19.8. The first-order chi connectivity index (χ1) is 14.7. The number of hydrogen-bond acceptors (Lipinski definition) is 4. The fraction of sp³-hybridized carbons (Fsp3) is 0.360. The quantitative estimate of drug-likeness (QED) is 0.768. The molecule has 4 rings (SSSR count). The van der Waals surface area contributed by atoms with Crippen LogP contribution < -0.4 is 15.5 Å². The second kappa shape index (κ2) is 8.17. The molecule has 0 aromatic heterocycles. The molecule has 0 radical (unpaired) electrons. The van der Waals surface area contributed by atoms with E-state index >= 15 is 0 Å².